The lowest BCUT2D eigenvalue weighted by molar-refractivity contribution is -0.178. The van der Waals surface area contributed by atoms with Crippen LogP contribution in [0.1, 0.15) is 72.1 Å². The van der Waals surface area contributed by atoms with E-state index in [4.69, 9.17) is 14.2 Å². The van der Waals surface area contributed by atoms with Crippen molar-refractivity contribution in [2.75, 3.05) is 13.2 Å². The van der Waals surface area contributed by atoms with E-state index in [1.54, 1.807) is 0 Å². The maximum absolute atomic E-state index is 11.7. The van der Waals surface area contributed by atoms with Crippen molar-refractivity contribution in [2.24, 2.45) is 28.1 Å². The van der Waals surface area contributed by atoms with E-state index in [9.17, 15) is 5.11 Å². The van der Waals surface area contributed by atoms with E-state index in [2.05, 4.69) is 63.8 Å². The van der Waals surface area contributed by atoms with E-state index in [1.807, 2.05) is 11.8 Å². The van der Waals surface area contributed by atoms with Crippen LogP contribution in [0.25, 0.3) is 0 Å². The molecule has 2 heterocycles. The summed E-state index contributed by atoms with van der Waals surface area (Å²) in [7, 11) is 0. The standard InChI is InChI=1S/C30H44O4S/c1-5-28(3,20-33-26-13-9-10-18-32-26)19-25-29(4)21(2)14-15-22-16-17-24(31)30(22,29)27(34-25)35-23-11-7-6-8-12-23/h5-8,11-12,21-22,24-27,31H,1,9-10,13-20H2,2-4H3/t21-,22+,24-,25+,26+,27+,28-,29+,30+/m1/s1. The number of hydrogen-bond donors (Lipinski definition) is 1. The summed E-state index contributed by atoms with van der Waals surface area (Å²) in [5, 5.41) is 11.7. The molecule has 35 heavy (non-hydrogen) atoms. The zero-order valence-electron chi connectivity index (χ0n) is 21.8. The van der Waals surface area contributed by atoms with Crippen molar-refractivity contribution in [2.45, 2.75) is 101 Å². The van der Waals surface area contributed by atoms with Crippen LogP contribution in [-0.2, 0) is 14.2 Å². The van der Waals surface area contributed by atoms with Crippen molar-refractivity contribution >= 4 is 11.8 Å². The van der Waals surface area contributed by atoms with Crippen LogP contribution in [0.3, 0.4) is 0 Å². The Morgan fingerprint density at radius 3 is 2.66 bits per heavy atom. The van der Waals surface area contributed by atoms with Crippen molar-refractivity contribution in [3.8, 4) is 0 Å². The van der Waals surface area contributed by atoms with Crippen LogP contribution in [-0.4, -0.2) is 42.3 Å². The Bertz CT molecular complexity index is 872. The molecule has 1 aromatic rings. The molecule has 0 bridgehead atoms. The third-order valence-corrected chi connectivity index (χ3v) is 11.4. The second-order valence-corrected chi connectivity index (χ2v) is 13.2. The third-order valence-electron chi connectivity index (χ3n) is 10.1. The first kappa shape index (κ1) is 25.8. The van der Waals surface area contributed by atoms with E-state index >= 15 is 0 Å². The predicted molar refractivity (Wildman–Crippen MR) is 141 cm³/mol. The summed E-state index contributed by atoms with van der Waals surface area (Å²) in [4.78, 5) is 1.22. The first-order valence-corrected chi connectivity index (χ1v) is 14.6. The number of thioether (sulfide) groups is 1. The Morgan fingerprint density at radius 2 is 1.94 bits per heavy atom. The second-order valence-electron chi connectivity index (χ2n) is 12.0. The number of hydrogen-bond acceptors (Lipinski definition) is 5. The summed E-state index contributed by atoms with van der Waals surface area (Å²) in [5.41, 5.74) is -0.616. The van der Waals surface area contributed by atoms with E-state index in [0.29, 0.717) is 18.4 Å². The van der Waals surface area contributed by atoms with Crippen LogP contribution in [0, 0.1) is 28.1 Å². The molecular formula is C30H44O4S. The van der Waals surface area contributed by atoms with Gasteiger partial charge < -0.3 is 19.3 Å². The average molecular weight is 501 g/mol. The van der Waals surface area contributed by atoms with Crippen LogP contribution in [0.4, 0.5) is 0 Å². The van der Waals surface area contributed by atoms with Gasteiger partial charge in [-0.1, -0.05) is 56.8 Å². The molecule has 4 fully saturated rings. The Morgan fingerprint density at radius 1 is 1.17 bits per heavy atom. The second kappa shape index (κ2) is 10.1. The fourth-order valence-corrected chi connectivity index (χ4v) is 9.38. The Hall–Kier alpha value is -0.850. The third kappa shape index (κ3) is 4.33. The zero-order chi connectivity index (χ0) is 24.7. The van der Waals surface area contributed by atoms with Crippen LogP contribution < -0.4 is 0 Å². The molecule has 1 aromatic carbocycles. The lowest BCUT2D eigenvalue weighted by Crippen LogP contribution is -2.59. The SMILES string of the molecule is C=C[C@@](C)(CO[C@H]1CCCCO1)C[C@@H]1O[C@@H](Sc2ccccc2)[C@@]23[C@@H](CC[C@@H](C)[C@@]12C)CC[C@H]3O. The van der Waals surface area contributed by atoms with Gasteiger partial charge >= 0.3 is 0 Å². The van der Waals surface area contributed by atoms with Gasteiger partial charge in [0, 0.05) is 27.7 Å². The van der Waals surface area contributed by atoms with E-state index < -0.39 is 0 Å². The van der Waals surface area contributed by atoms with Gasteiger partial charge in [0.1, 0.15) is 5.44 Å². The molecule has 2 saturated carbocycles. The smallest absolute Gasteiger partial charge is 0.157 e. The molecule has 1 N–H and O–H groups in total. The van der Waals surface area contributed by atoms with Crippen LogP contribution in [0.2, 0.25) is 0 Å². The molecule has 0 unspecified atom stereocenters. The highest BCUT2D eigenvalue weighted by atomic mass is 32.2. The van der Waals surface area contributed by atoms with Gasteiger partial charge in [-0.15, -0.1) is 6.58 Å². The van der Waals surface area contributed by atoms with Crippen molar-refractivity contribution in [3.63, 3.8) is 0 Å². The Balaban J connectivity index is 1.44. The lowest BCUT2D eigenvalue weighted by atomic mass is 9.47. The average Bonchev–Trinajstić information content (AvgIpc) is 3.35. The van der Waals surface area contributed by atoms with Gasteiger partial charge in [-0.2, -0.15) is 0 Å². The molecule has 0 radical (unpaired) electrons. The highest BCUT2D eigenvalue weighted by Gasteiger charge is 2.74. The van der Waals surface area contributed by atoms with Gasteiger partial charge in [0.25, 0.3) is 0 Å². The molecular weight excluding hydrogens is 456 g/mol. The Labute approximate surface area is 216 Å². The monoisotopic (exact) mass is 500 g/mol. The number of rotatable bonds is 8. The maximum atomic E-state index is 11.7. The van der Waals surface area contributed by atoms with Gasteiger partial charge in [0.15, 0.2) is 6.29 Å². The first-order valence-electron chi connectivity index (χ1n) is 13.8. The van der Waals surface area contributed by atoms with Gasteiger partial charge in [0.05, 0.1) is 18.8 Å². The summed E-state index contributed by atoms with van der Waals surface area (Å²) in [6.45, 7) is 12.7. The van der Waals surface area contributed by atoms with Crippen molar-refractivity contribution < 1.29 is 19.3 Å². The molecule has 9 atom stereocenters. The number of benzene rings is 1. The van der Waals surface area contributed by atoms with Crippen molar-refractivity contribution in [3.05, 3.63) is 43.0 Å². The fraction of sp³-hybridized carbons (Fsp3) is 0.733. The first-order chi connectivity index (χ1) is 16.8. The molecule has 2 saturated heterocycles. The summed E-state index contributed by atoms with van der Waals surface area (Å²) in [5.74, 6) is 0.987. The van der Waals surface area contributed by atoms with Gasteiger partial charge in [-0.3, -0.25) is 0 Å². The topological polar surface area (TPSA) is 47.9 Å². The lowest BCUT2D eigenvalue weighted by Gasteiger charge is -2.56. The molecule has 2 aliphatic heterocycles. The Kier molecular flexibility index (Phi) is 7.47. The highest BCUT2D eigenvalue weighted by molar-refractivity contribution is 7.99. The number of ether oxygens (including phenoxy) is 3. The normalized spacial score (nSPS) is 42.7. The van der Waals surface area contributed by atoms with E-state index in [1.165, 1.54) is 17.7 Å². The minimum Gasteiger partial charge on any atom is -0.392 e. The van der Waals surface area contributed by atoms with E-state index in [-0.39, 0.29) is 40.2 Å². The van der Waals surface area contributed by atoms with Gasteiger partial charge in [-0.05, 0) is 75.3 Å². The minimum atomic E-state index is -0.326. The molecule has 4 aliphatic rings. The van der Waals surface area contributed by atoms with E-state index in [0.717, 1.165) is 45.1 Å². The van der Waals surface area contributed by atoms with Gasteiger partial charge in [-0.25, -0.2) is 0 Å². The number of aliphatic hydroxyl groups is 1. The summed E-state index contributed by atoms with van der Waals surface area (Å²) < 4.78 is 19.2. The largest absolute Gasteiger partial charge is 0.392 e. The highest BCUT2D eigenvalue weighted by Crippen LogP contribution is 2.73. The summed E-state index contributed by atoms with van der Waals surface area (Å²) >= 11 is 1.82. The van der Waals surface area contributed by atoms with Crippen LogP contribution in [0.15, 0.2) is 47.9 Å². The molecule has 0 amide bonds. The molecule has 194 valence electrons. The molecule has 0 aromatic heterocycles. The maximum Gasteiger partial charge on any atom is 0.157 e. The fourth-order valence-electron chi connectivity index (χ4n) is 7.83. The van der Waals surface area contributed by atoms with Crippen LogP contribution >= 0.6 is 11.8 Å². The summed E-state index contributed by atoms with van der Waals surface area (Å²) in [6, 6.07) is 10.6. The number of aliphatic hydroxyl groups excluding tert-OH is 1. The van der Waals surface area contributed by atoms with Crippen LogP contribution in [0.5, 0.6) is 0 Å². The minimum absolute atomic E-state index is 0.0353. The molecule has 2 aliphatic carbocycles. The molecule has 4 nitrogen and oxygen atoms in total. The predicted octanol–water partition coefficient (Wildman–Crippen LogP) is 6.82. The van der Waals surface area contributed by atoms with Crippen molar-refractivity contribution in [1.29, 1.82) is 0 Å². The van der Waals surface area contributed by atoms with Crippen molar-refractivity contribution in [1.82, 2.24) is 0 Å². The molecule has 5 rings (SSSR count). The van der Waals surface area contributed by atoms with Gasteiger partial charge in [0.2, 0.25) is 0 Å². The zero-order valence-corrected chi connectivity index (χ0v) is 22.6. The summed E-state index contributed by atoms with van der Waals surface area (Å²) in [6.07, 6.45) is 10.1. The molecule has 5 heteroatoms. The quantitative estimate of drug-likeness (QED) is 0.397. The molecule has 1 spiro atoms.